The highest BCUT2D eigenvalue weighted by molar-refractivity contribution is 5.79. The molecule has 1 heterocycles. The summed E-state index contributed by atoms with van der Waals surface area (Å²) < 4.78 is 16.0. The van der Waals surface area contributed by atoms with E-state index >= 15 is 0 Å². The number of nitrogens with one attached hydrogen (secondary N) is 2. The molecule has 0 bridgehead atoms. The minimum atomic E-state index is 0.298. The second-order valence-corrected chi connectivity index (χ2v) is 4.86. The van der Waals surface area contributed by atoms with Crippen LogP contribution in [0.15, 0.2) is 23.2 Å². The van der Waals surface area contributed by atoms with E-state index in [1.165, 1.54) is 0 Å². The van der Waals surface area contributed by atoms with Crippen molar-refractivity contribution in [3.8, 4) is 11.5 Å². The van der Waals surface area contributed by atoms with Gasteiger partial charge in [0.15, 0.2) is 17.5 Å². The Morgan fingerprint density at radius 3 is 2.91 bits per heavy atom. The van der Waals surface area contributed by atoms with Crippen LogP contribution in [-0.2, 0) is 11.3 Å². The normalized spacial score (nSPS) is 13.3. The monoisotopic (exact) mass is 307 g/mol. The third-order valence-electron chi connectivity index (χ3n) is 3.16. The SMILES string of the molecule is CCNC(=NCc1ccc2c(c1)OCO2)NCCCOCC. The van der Waals surface area contributed by atoms with Crippen LogP contribution in [0, 0.1) is 0 Å². The standard InChI is InChI=1S/C16H25N3O3/c1-3-17-16(18-8-5-9-20-4-2)19-11-13-6-7-14-15(10-13)22-12-21-14/h6-7,10H,3-5,8-9,11-12H2,1-2H3,(H2,17,18,19). The van der Waals surface area contributed by atoms with Crippen LogP contribution in [0.5, 0.6) is 11.5 Å². The van der Waals surface area contributed by atoms with Gasteiger partial charge >= 0.3 is 0 Å². The van der Waals surface area contributed by atoms with Gasteiger partial charge in [-0.2, -0.15) is 0 Å². The van der Waals surface area contributed by atoms with Crippen molar-refractivity contribution < 1.29 is 14.2 Å². The van der Waals surface area contributed by atoms with Crippen LogP contribution in [0.25, 0.3) is 0 Å². The predicted molar refractivity (Wildman–Crippen MR) is 86.5 cm³/mol. The van der Waals surface area contributed by atoms with Crippen LogP contribution in [-0.4, -0.2) is 39.1 Å². The first-order valence-electron chi connectivity index (χ1n) is 7.82. The number of aliphatic imine (C=N–C) groups is 1. The summed E-state index contributed by atoms with van der Waals surface area (Å²) >= 11 is 0. The summed E-state index contributed by atoms with van der Waals surface area (Å²) in [5.74, 6) is 2.41. The van der Waals surface area contributed by atoms with Gasteiger partial charge < -0.3 is 24.8 Å². The van der Waals surface area contributed by atoms with Gasteiger partial charge in [-0.25, -0.2) is 4.99 Å². The number of rotatable bonds is 8. The number of fused-ring (bicyclic) bond motifs is 1. The summed E-state index contributed by atoms with van der Waals surface area (Å²) in [5, 5.41) is 6.54. The summed E-state index contributed by atoms with van der Waals surface area (Å²) in [6.07, 6.45) is 0.961. The Labute approximate surface area is 131 Å². The molecule has 0 fully saturated rings. The molecule has 0 radical (unpaired) electrons. The average molecular weight is 307 g/mol. The van der Waals surface area contributed by atoms with E-state index in [4.69, 9.17) is 14.2 Å². The van der Waals surface area contributed by atoms with Crippen molar-refractivity contribution in [1.82, 2.24) is 10.6 Å². The third-order valence-corrected chi connectivity index (χ3v) is 3.16. The van der Waals surface area contributed by atoms with Crippen LogP contribution < -0.4 is 20.1 Å². The van der Waals surface area contributed by atoms with Crippen LogP contribution in [0.4, 0.5) is 0 Å². The molecule has 6 nitrogen and oxygen atoms in total. The number of benzene rings is 1. The van der Waals surface area contributed by atoms with E-state index in [2.05, 4.69) is 22.5 Å². The Hall–Kier alpha value is -1.95. The topological polar surface area (TPSA) is 64.1 Å². The molecule has 6 heteroatoms. The van der Waals surface area contributed by atoms with Gasteiger partial charge in [0, 0.05) is 26.3 Å². The van der Waals surface area contributed by atoms with E-state index in [1.54, 1.807) is 0 Å². The number of guanidine groups is 1. The number of ether oxygens (including phenoxy) is 3. The van der Waals surface area contributed by atoms with Gasteiger partial charge in [-0.05, 0) is 38.0 Å². The highest BCUT2D eigenvalue weighted by Crippen LogP contribution is 2.32. The van der Waals surface area contributed by atoms with Crippen LogP contribution in [0.3, 0.4) is 0 Å². The maximum Gasteiger partial charge on any atom is 0.231 e. The lowest BCUT2D eigenvalue weighted by Crippen LogP contribution is -2.38. The van der Waals surface area contributed by atoms with Crippen molar-refractivity contribution in [2.24, 2.45) is 4.99 Å². The molecule has 0 atom stereocenters. The largest absolute Gasteiger partial charge is 0.454 e. The Bertz CT molecular complexity index is 492. The fourth-order valence-corrected chi connectivity index (χ4v) is 2.08. The zero-order chi connectivity index (χ0) is 15.6. The molecule has 0 spiro atoms. The lowest BCUT2D eigenvalue weighted by Gasteiger charge is -2.11. The minimum Gasteiger partial charge on any atom is -0.454 e. The fraction of sp³-hybridized carbons (Fsp3) is 0.562. The maximum atomic E-state index is 5.38. The molecule has 0 saturated heterocycles. The van der Waals surface area contributed by atoms with Gasteiger partial charge in [-0.15, -0.1) is 0 Å². The lowest BCUT2D eigenvalue weighted by molar-refractivity contribution is 0.145. The quantitative estimate of drug-likeness (QED) is 0.436. The van der Waals surface area contributed by atoms with Crippen molar-refractivity contribution in [1.29, 1.82) is 0 Å². The van der Waals surface area contributed by atoms with Gasteiger partial charge in [0.05, 0.1) is 6.54 Å². The third kappa shape index (κ3) is 5.11. The Morgan fingerprint density at radius 2 is 2.09 bits per heavy atom. The summed E-state index contributed by atoms with van der Waals surface area (Å²) in [6, 6.07) is 5.91. The maximum absolute atomic E-state index is 5.38. The summed E-state index contributed by atoms with van der Waals surface area (Å²) in [4.78, 5) is 4.58. The molecule has 122 valence electrons. The van der Waals surface area contributed by atoms with Gasteiger partial charge in [0.1, 0.15) is 0 Å². The van der Waals surface area contributed by atoms with Crippen molar-refractivity contribution in [3.05, 3.63) is 23.8 Å². The molecule has 22 heavy (non-hydrogen) atoms. The second kappa shape index (κ2) is 9.15. The van der Waals surface area contributed by atoms with Crippen molar-refractivity contribution in [3.63, 3.8) is 0 Å². The molecule has 1 aromatic carbocycles. The molecule has 0 amide bonds. The Morgan fingerprint density at radius 1 is 1.23 bits per heavy atom. The van der Waals surface area contributed by atoms with Gasteiger partial charge in [-0.3, -0.25) is 0 Å². The molecule has 2 rings (SSSR count). The van der Waals surface area contributed by atoms with E-state index in [9.17, 15) is 0 Å². The number of hydrogen-bond donors (Lipinski definition) is 2. The Balaban J connectivity index is 1.83. The van der Waals surface area contributed by atoms with Crippen molar-refractivity contribution in [2.45, 2.75) is 26.8 Å². The van der Waals surface area contributed by atoms with Crippen LogP contribution >= 0.6 is 0 Å². The van der Waals surface area contributed by atoms with Gasteiger partial charge in [-0.1, -0.05) is 6.07 Å². The first-order chi connectivity index (χ1) is 10.8. The molecule has 2 N–H and O–H groups in total. The molecule has 1 aliphatic heterocycles. The van der Waals surface area contributed by atoms with Crippen molar-refractivity contribution >= 4 is 5.96 Å². The van der Waals surface area contributed by atoms with Crippen LogP contribution in [0.2, 0.25) is 0 Å². The smallest absolute Gasteiger partial charge is 0.231 e. The van der Waals surface area contributed by atoms with Crippen LogP contribution in [0.1, 0.15) is 25.8 Å². The lowest BCUT2D eigenvalue weighted by atomic mass is 10.2. The summed E-state index contributed by atoms with van der Waals surface area (Å²) in [5.41, 5.74) is 1.09. The second-order valence-electron chi connectivity index (χ2n) is 4.86. The molecule has 0 unspecified atom stereocenters. The van der Waals surface area contributed by atoms with E-state index in [-0.39, 0.29) is 0 Å². The molecule has 0 aromatic heterocycles. The molecule has 1 aliphatic rings. The highest BCUT2D eigenvalue weighted by atomic mass is 16.7. The summed E-state index contributed by atoms with van der Waals surface area (Å²) in [6.45, 7) is 8.15. The number of nitrogens with zero attached hydrogens (tertiary/aromatic N) is 1. The van der Waals surface area contributed by atoms with E-state index < -0.39 is 0 Å². The minimum absolute atomic E-state index is 0.298. The number of hydrogen-bond acceptors (Lipinski definition) is 4. The van der Waals surface area contributed by atoms with Gasteiger partial charge in [0.25, 0.3) is 0 Å². The molecular weight excluding hydrogens is 282 g/mol. The first-order valence-corrected chi connectivity index (χ1v) is 7.82. The van der Waals surface area contributed by atoms with E-state index in [0.717, 1.165) is 55.7 Å². The summed E-state index contributed by atoms with van der Waals surface area (Å²) in [7, 11) is 0. The zero-order valence-corrected chi connectivity index (χ0v) is 13.4. The predicted octanol–water partition coefficient (Wildman–Crippen LogP) is 1.90. The molecular formula is C16H25N3O3. The average Bonchev–Trinajstić information content (AvgIpc) is 3.00. The molecule has 0 saturated carbocycles. The highest BCUT2D eigenvalue weighted by Gasteiger charge is 2.12. The molecule has 1 aromatic rings. The van der Waals surface area contributed by atoms with Crippen molar-refractivity contribution in [2.75, 3.05) is 33.1 Å². The Kier molecular flexibility index (Phi) is 6.83. The first kappa shape index (κ1) is 16.4. The molecule has 0 aliphatic carbocycles. The van der Waals surface area contributed by atoms with Gasteiger partial charge in [0.2, 0.25) is 6.79 Å². The zero-order valence-electron chi connectivity index (χ0n) is 13.4. The van der Waals surface area contributed by atoms with E-state index in [1.807, 2.05) is 25.1 Å². The van der Waals surface area contributed by atoms with E-state index in [0.29, 0.717) is 13.3 Å². The fourth-order valence-electron chi connectivity index (χ4n) is 2.08.